The summed E-state index contributed by atoms with van der Waals surface area (Å²) in [5, 5.41) is 10.6. The zero-order chi connectivity index (χ0) is 10.1. The van der Waals surface area contributed by atoms with Crippen molar-refractivity contribution in [2.45, 2.75) is 6.92 Å². The third kappa shape index (κ3) is 1.33. The van der Waals surface area contributed by atoms with Crippen LogP contribution in [0.25, 0.3) is 10.8 Å². The van der Waals surface area contributed by atoms with E-state index in [-0.39, 0.29) is 0 Å². The molecule has 0 bridgehead atoms. The number of benzene rings is 1. The molecule has 0 atom stereocenters. The highest BCUT2D eigenvalue weighted by atomic mass is 16.4. The normalized spacial score (nSPS) is 10.4. The van der Waals surface area contributed by atoms with Crippen molar-refractivity contribution in [1.82, 2.24) is 4.98 Å². The van der Waals surface area contributed by atoms with Crippen molar-refractivity contribution < 1.29 is 9.90 Å². The number of aromatic carboxylic acids is 1. The Balaban J connectivity index is 2.84. The van der Waals surface area contributed by atoms with Gasteiger partial charge in [-0.1, -0.05) is 12.1 Å². The molecule has 2 rings (SSSR count). The summed E-state index contributed by atoms with van der Waals surface area (Å²) in [4.78, 5) is 15.0. The molecule has 2 aromatic rings. The minimum atomic E-state index is -0.902. The van der Waals surface area contributed by atoms with Gasteiger partial charge in [0.2, 0.25) is 0 Å². The predicted molar refractivity (Wildman–Crippen MR) is 53.4 cm³/mol. The number of pyridine rings is 1. The molecular weight excluding hydrogens is 178 g/mol. The number of rotatable bonds is 1. The molecule has 0 fully saturated rings. The molecule has 0 aliphatic heterocycles. The van der Waals surface area contributed by atoms with Crippen molar-refractivity contribution in [2.24, 2.45) is 0 Å². The lowest BCUT2D eigenvalue weighted by Gasteiger charge is -2.02. The van der Waals surface area contributed by atoms with E-state index in [0.717, 1.165) is 16.5 Å². The van der Waals surface area contributed by atoms with Crippen LogP contribution in [0.5, 0.6) is 0 Å². The summed E-state index contributed by atoms with van der Waals surface area (Å²) in [5.74, 6) is -0.902. The van der Waals surface area contributed by atoms with Crippen LogP contribution in [-0.2, 0) is 0 Å². The fraction of sp³-hybridized carbons (Fsp3) is 0.0909. The molecule has 70 valence electrons. The molecule has 3 nitrogen and oxygen atoms in total. The Hall–Kier alpha value is -1.90. The SMILES string of the molecule is Cc1cc2c(C(=O)O)cccc2cn1. The number of aromatic nitrogens is 1. The molecular formula is C11H9NO2. The summed E-state index contributed by atoms with van der Waals surface area (Å²) in [6.45, 7) is 1.85. The third-order valence-electron chi connectivity index (χ3n) is 2.13. The van der Waals surface area contributed by atoms with Gasteiger partial charge in [0.05, 0.1) is 5.56 Å². The lowest BCUT2D eigenvalue weighted by Crippen LogP contribution is -1.97. The fourth-order valence-electron chi connectivity index (χ4n) is 1.46. The van der Waals surface area contributed by atoms with Crippen LogP contribution in [0, 0.1) is 6.92 Å². The average Bonchev–Trinajstić information content (AvgIpc) is 2.16. The van der Waals surface area contributed by atoms with E-state index in [1.807, 2.05) is 13.0 Å². The van der Waals surface area contributed by atoms with Crippen LogP contribution in [0.15, 0.2) is 30.5 Å². The predicted octanol–water partition coefficient (Wildman–Crippen LogP) is 2.24. The average molecular weight is 187 g/mol. The van der Waals surface area contributed by atoms with E-state index in [1.54, 1.807) is 24.4 Å². The van der Waals surface area contributed by atoms with Gasteiger partial charge < -0.3 is 5.11 Å². The second kappa shape index (κ2) is 3.10. The molecule has 1 N–H and O–H groups in total. The Morgan fingerprint density at radius 1 is 1.43 bits per heavy atom. The van der Waals surface area contributed by atoms with Crippen molar-refractivity contribution in [3.05, 3.63) is 41.7 Å². The minimum absolute atomic E-state index is 0.327. The zero-order valence-corrected chi connectivity index (χ0v) is 7.69. The molecule has 0 aliphatic carbocycles. The molecule has 0 saturated carbocycles. The van der Waals surface area contributed by atoms with Crippen LogP contribution in [0.3, 0.4) is 0 Å². The van der Waals surface area contributed by atoms with Crippen molar-refractivity contribution in [3.63, 3.8) is 0 Å². The number of carboxylic acid groups (broad SMARTS) is 1. The van der Waals surface area contributed by atoms with Gasteiger partial charge in [0.25, 0.3) is 0 Å². The largest absolute Gasteiger partial charge is 0.478 e. The topological polar surface area (TPSA) is 50.2 Å². The molecule has 0 aliphatic rings. The van der Waals surface area contributed by atoms with Crippen molar-refractivity contribution in [2.75, 3.05) is 0 Å². The Morgan fingerprint density at radius 3 is 2.93 bits per heavy atom. The van der Waals surface area contributed by atoms with Gasteiger partial charge in [0.1, 0.15) is 0 Å². The molecule has 1 aromatic carbocycles. The maximum absolute atomic E-state index is 10.9. The maximum atomic E-state index is 10.9. The van der Waals surface area contributed by atoms with E-state index in [1.165, 1.54) is 0 Å². The Morgan fingerprint density at radius 2 is 2.21 bits per heavy atom. The molecule has 3 heteroatoms. The zero-order valence-electron chi connectivity index (χ0n) is 7.69. The quantitative estimate of drug-likeness (QED) is 0.744. The van der Waals surface area contributed by atoms with Crippen molar-refractivity contribution >= 4 is 16.7 Å². The molecule has 0 unspecified atom stereocenters. The third-order valence-corrected chi connectivity index (χ3v) is 2.13. The lowest BCUT2D eigenvalue weighted by atomic mass is 10.1. The van der Waals surface area contributed by atoms with Gasteiger partial charge >= 0.3 is 5.97 Å². The van der Waals surface area contributed by atoms with Crippen LogP contribution < -0.4 is 0 Å². The summed E-state index contributed by atoms with van der Waals surface area (Å²) in [5.41, 5.74) is 1.15. The number of hydrogen-bond acceptors (Lipinski definition) is 2. The molecule has 0 spiro atoms. The van der Waals surface area contributed by atoms with Gasteiger partial charge in [0, 0.05) is 17.3 Å². The van der Waals surface area contributed by atoms with Crippen molar-refractivity contribution in [3.8, 4) is 0 Å². The van der Waals surface area contributed by atoms with Gasteiger partial charge in [-0.25, -0.2) is 4.79 Å². The molecule has 0 saturated heterocycles. The second-order valence-electron chi connectivity index (χ2n) is 3.16. The van der Waals surface area contributed by atoms with Crippen LogP contribution >= 0.6 is 0 Å². The first-order chi connectivity index (χ1) is 6.68. The van der Waals surface area contributed by atoms with E-state index in [0.29, 0.717) is 5.56 Å². The summed E-state index contributed by atoms with van der Waals surface area (Å²) in [6.07, 6.45) is 1.69. The number of aryl methyl sites for hydroxylation is 1. The summed E-state index contributed by atoms with van der Waals surface area (Å²) < 4.78 is 0. The number of hydrogen-bond donors (Lipinski definition) is 1. The first kappa shape index (κ1) is 8.69. The van der Waals surface area contributed by atoms with E-state index >= 15 is 0 Å². The van der Waals surface area contributed by atoms with E-state index in [2.05, 4.69) is 4.98 Å². The maximum Gasteiger partial charge on any atom is 0.336 e. The highest BCUT2D eigenvalue weighted by molar-refractivity contribution is 6.03. The number of carbonyl (C=O) groups is 1. The number of fused-ring (bicyclic) bond motifs is 1. The van der Waals surface area contributed by atoms with E-state index < -0.39 is 5.97 Å². The second-order valence-corrected chi connectivity index (χ2v) is 3.16. The fourth-order valence-corrected chi connectivity index (χ4v) is 1.46. The number of carboxylic acids is 1. The van der Waals surface area contributed by atoms with Gasteiger partial charge in [-0.05, 0) is 24.4 Å². The summed E-state index contributed by atoms with van der Waals surface area (Å²) >= 11 is 0. The Labute approximate surface area is 81.0 Å². The first-order valence-electron chi connectivity index (χ1n) is 4.27. The van der Waals surface area contributed by atoms with E-state index in [9.17, 15) is 4.79 Å². The molecule has 0 radical (unpaired) electrons. The summed E-state index contributed by atoms with van der Waals surface area (Å²) in [6, 6.07) is 6.97. The molecule has 14 heavy (non-hydrogen) atoms. The number of nitrogens with zero attached hydrogens (tertiary/aromatic N) is 1. The summed E-state index contributed by atoms with van der Waals surface area (Å²) in [7, 11) is 0. The minimum Gasteiger partial charge on any atom is -0.478 e. The lowest BCUT2D eigenvalue weighted by molar-refractivity contribution is 0.0699. The highest BCUT2D eigenvalue weighted by Gasteiger charge is 2.07. The first-order valence-corrected chi connectivity index (χ1v) is 4.27. The van der Waals surface area contributed by atoms with Gasteiger partial charge in [-0.2, -0.15) is 0 Å². The van der Waals surface area contributed by atoms with Gasteiger partial charge in [-0.3, -0.25) is 4.98 Å². The standard InChI is InChI=1S/C11H9NO2/c1-7-5-10-8(6-12-7)3-2-4-9(10)11(13)14/h2-6H,1H3,(H,13,14). The Bertz CT molecular complexity index is 506. The van der Waals surface area contributed by atoms with Gasteiger partial charge in [-0.15, -0.1) is 0 Å². The molecule has 0 amide bonds. The van der Waals surface area contributed by atoms with Gasteiger partial charge in [0.15, 0.2) is 0 Å². The smallest absolute Gasteiger partial charge is 0.336 e. The van der Waals surface area contributed by atoms with Crippen LogP contribution in [0.2, 0.25) is 0 Å². The van der Waals surface area contributed by atoms with Crippen LogP contribution in [0.4, 0.5) is 0 Å². The van der Waals surface area contributed by atoms with E-state index in [4.69, 9.17) is 5.11 Å². The van der Waals surface area contributed by atoms with Crippen LogP contribution in [-0.4, -0.2) is 16.1 Å². The monoisotopic (exact) mass is 187 g/mol. The van der Waals surface area contributed by atoms with Crippen molar-refractivity contribution in [1.29, 1.82) is 0 Å². The Kier molecular flexibility index (Phi) is 1.93. The molecule has 1 heterocycles. The van der Waals surface area contributed by atoms with Crippen LogP contribution in [0.1, 0.15) is 16.1 Å². The highest BCUT2D eigenvalue weighted by Crippen LogP contribution is 2.18. The molecule has 1 aromatic heterocycles.